The molecule has 0 N–H and O–H groups in total. The Balaban J connectivity index is 1.78. The zero-order valence-electron chi connectivity index (χ0n) is 18.9. The Hall–Kier alpha value is -1.61. The second kappa shape index (κ2) is 7.82. The van der Waals surface area contributed by atoms with Crippen molar-refractivity contribution in [1.82, 2.24) is 0 Å². The lowest BCUT2D eigenvalue weighted by Gasteiger charge is -2.49. The Kier molecular flexibility index (Phi) is 5.63. The number of rotatable bonds is 4. The van der Waals surface area contributed by atoms with Gasteiger partial charge >= 0.3 is 0 Å². The van der Waals surface area contributed by atoms with Gasteiger partial charge in [-0.3, -0.25) is 0 Å². The maximum Gasteiger partial charge on any atom is 0.171 e. The van der Waals surface area contributed by atoms with E-state index in [2.05, 4.69) is 39.8 Å². The van der Waals surface area contributed by atoms with E-state index in [-0.39, 0.29) is 16.4 Å². The molecule has 1 atom stereocenters. The molecule has 0 aliphatic carbocycles. The largest absolute Gasteiger partial charge is 0.496 e. The zero-order valence-corrected chi connectivity index (χ0v) is 19.9. The molecule has 2 aliphatic rings. The summed E-state index contributed by atoms with van der Waals surface area (Å²) in [6.07, 6.45) is 1.61. The van der Waals surface area contributed by atoms with Gasteiger partial charge in [0.2, 0.25) is 0 Å². The number of methoxy groups -OCH3 is 2. The van der Waals surface area contributed by atoms with Gasteiger partial charge in [0.05, 0.1) is 20.8 Å². The van der Waals surface area contributed by atoms with Crippen LogP contribution in [0.25, 0.3) is 11.1 Å². The minimum absolute atomic E-state index is 0.192. The molecule has 2 fully saturated rings. The predicted octanol–water partition coefficient (Wildman–Crippen LogP) is 6.18. The average Bonchev–Trinajstić information content (AvgIpc) is 3.06. The van der Waals surface area contributed by atoms with E-state index >= 15 is 0 Å². The van der Waals surface area contributed by atoms with E-state index in [1.165, 1.54) is 0 Å². The topological polar surface area (TPSA) is 36.9 Å². The van der Waals surface area contributed by atoms with E-state index in [0.717, 1.165) is 49.6 Å². The van der Waals surface area contributed by atoms with Gasteiger partial charge in [0.25, 0.3) is 0 Å². The van der Waals surface area contributed by atoms with Gasteiger partial charge in [-0.05, 0) is 28.0 Å². The molecule has 4 rings (SSSR count). The van der Waals surface area contributed by atoms with E-state index < -0.39 is 5.79 Å². The van der Waals surface area contributed by atoms with Crippen molar-refractivity contribution in [1.29, 1.82) is 0 Å². The molecule has 2 aromatic rings. The average molecular weight is 429 g/mol. The van der Waals surface area contributed by atoms with E-state index in [4.69, 9.17) is 18.9 Å². The minimum atomic E-state index is -0.551. The van der Waals surface area contributed by atoms with Gasteiger partial charge in [-0.25, -0.2) is 0 Å². The Bertz CT molecular complexity index is 891. The quantitative estimate of drug-likeness (QED) is 0.545. The van der Waals surface area contributed by atoms with Gasteiger partial charge in [0.15, 0.2) is 5.79 Å². The van der Waals surface area contributed by atoms with Gasteiger partial charge in [0, 0.05) is 24.0 Å². The van der Waals surface area contributed by atoms with Crippen LogP contribution in [0.1, 0.15) is 52.2 Å². The molecule has 2 saturated heterocycles. The van der Waals surface area contributed by atoms with Crippen molar-refractivity contribution in [2.75, 3.05) is 20.8 Å². The molecule has 4 nitrogen and oxygen atoms in total. The first-order valence-corrected chi connectivity index (χ1v) is 11.6. The van der Waals surface area contributed by atoms with E-state index in [0.29, 0.717) is 6.61 Å². The third-order valence-electron chi connectivity index (χ3n) is 5.95. The Morgan fingerprint density at radius 3 is 2.07 bits per heavy atom. The highest BCUT2D eigenvalue weighted by atomic mass is 31.1. The van der Waals surface area contributed by atoms with Crippen LogP contribution in [0.3, 0.4) is 0 Å². The van der Waals surface area contributed by atoms with Gasteiger partial charge in [-0.2, -0.15) is 0 Å². The van der Waals surface area contributed by atoms with Gasteiger partial charge < -0.3 is 18.9 Å². The summed E-state index contributed by atoms with van der Waals surface area (Å²) in [7, 11) is 4.30. The highest BCUT2D eigenvalue weighted by molar-refractivity contribution is 7.41. The minimum Gasteiger partial charge on any atom is -0.496 e. The maximum atomic E-state index is 6.80. The molecule has 0 saturated carbocycles. The summed E-state index contributed by atoms with van der Waals surface area (Å²) in [5.74, 6) is 1.06. The number of ether oxygens (including phenoxy) is 4. The van der Waals surface area contributed by atoms with E-state index in [9.17, 15) is 0 Å². The van der Waals surface area contributed by atoms with Crippen molar-refractivity contribution in [2.24, 2.45) is 0 Å². The second-order valence-corrected chi connectivity index (χ2v) is 12.7. The van der Waals surface area contributed by atoms with Crippen LogP contribution in [-0.2, 0) is 9.47 Å². The molecule has 1 spiro atoms. The smallest absolute Gasteiger partial charge is 0.171 e. The van der Waals surface area contributed by atoms with Crippen LogP contribution in [0.4, 0.5) is 0 Å². The second-order valence-electron chi connectivity index (χ2n) is 9.70. The fourth-order valence-corrected chi connectivity index (χ4v) is 7.99. The molecule has 1 unspecified atom stereocenters. The van der Waals surface area contributed by atoms with Crippen LogP contribution < -0.4 is 9.47 Å². The third-order valence-corrected chi connectivity index (χ3v) is 7.65. The summed E-state index contributed by atoms with van der Waals surface area (Å²) >= 11 is 0. The van der Waals surface area contributed by atoms with Crippen LogP contribution in [-0.4, -0.2) is 36.9 Å². The highest BCUT2D eigenvalue weighted by Gasteiger charge is 2.53. The Morgan fingerprint density at radius 2 is 1.47 bits per heavy atom. The molecule has 0 bridgehead atoms. The SMILES string of the molecule is COc1ccc(OC)c(C2COC3(CC(C)(C)PC(C)(C)C3)O2)c1-c1ccccc1. The zero-order chi connectivity index (χ0) is 21.6. The lowest BCUT2D eigenvalue weighted by molar-refractivity contribution is -0.189. The molecule has 0 aromatic heterocycles. The lowest BCUT2D eigenvalue weighted by atomic mass is 9.91. The van der Waals surface area contributed by atoms with Crippen LogP contribution in [0.5, 0.6) is 11.5 Å². The van der Waals surface area contributed by atoms with E-state index in [1.54, 1.807) is 14.2 Å². The number of hydrogen-bond donors (Lipinski definition) is 0. The molecule has 0 radical (unpaired) electrons. The maximum absolute atomic E-state index is 6.80. The molecular formula is C25H33O4P. The standard InChI is InChI=1S/C25H33O4P/c1-23(2)15-25(16-24(3,4)30-23)28-14-20(29-25)22-19(27-6)13-12-18(26-5)21(22)17-10-8-7-9-11-17/h7-13,20,30H,14-16H2,1-6H3. The summed E-state index contributed by atoms with van der Waals surface area (Å²) < 4.78 is 24.8. The van der Waals surface area contributed by atoms with Crippen LogP contribution in [0.15, 0.2) is 42.5 Å². The van der Waals surface area contributed by atoms with Crippen LogP contribution >= 0.6 is 8.58 Å². The molecule has 2 aliphatic heterocycles. The van der Waals surface area contributed by atoms with Crippen molar-refractivity contribution in [2.45, 2.75) is 62.7 Å². The Labute approximate surface area is 182 Å². The molecule has 2 aromatic carbocycles. The molecular weight excluding hydrogens is 395 g/mol. The summed E-state index contributed by atoms with van der Waals surface area (Å²) in [4.78, 5) is 0. The van der Waals surface area contributed by atoms with Crippen LogP contribution in [0.2, 0.25) is 0 Å². The molecule has 30 heavy (non-hydrogen) atoms. The first-order valence-electron chi connectivity index (χ1n) is 10.6. The van der Waals surface area contributed by atoms with E-state index in [1.807, 2.05) is 30.3 Å². The summed E-state index contributed by atoms with van der Waals surface area (Å²) in [5.41, 5.74) is 3.10. The van der Waals surface area contributed by atoms with Crippen LogP contribution in [0, 0.1) is 0 Å². The first kappa shape index (κ1) is 21.6. The van der Waals surface area contributed by atoms with Crippen molar-refractivity contribution >= 4 is 8.58 Å². The van der Waals surface area contributed by atoms with Crippen molar-refractivity contribution in [3.63, 3.8) is 0 Å². The van der Waals surface area contributed by atoms with Gasteiger partial charge in [-0.15, -0.1) is 8.58 Å². The molecule has 162 valence electrons. The molecule has 5 heteroatoms. The summed E-state index contributed by atoms with van der Waals surface area (Å²) in [5, 5.41) is 0.384. The molecule has 0 amide bonds. The monoisotopic (exact) mass is 428 g/mol. The van der Waals surface area contributed by atoms with Gasteiger partial charge in [0.1, 0.15) is 17.6 Å². The lowest BCUT2D eigenvalue weighted by Crippen LogP contribution is -2.47. The van der Waals surface area contributed by atoms with Gasteiger partial charge in [-0.1, -0.05) is 58.0 Å². The Morgan fingerprint density at radius 1 is 0.867 bits per heavy atom. The van der Waals surface area contributed by atoms with Crippen molar-refractivity contribution in [3.8, 4) is 22.6 Å². The fourth-order valence-electron chi connectivity index (χ4n) is 5.45. The van der Waals surface area contributed by atoms with Crippen molar-refractivity contribution in [3.05, 3.63) is 48.0 Å². The summed E-state index contributed by atoms with van der Waals surface area (Å²) in [6, 6.07) is 14.2. The first-order chi connectivity index (χ1) is 14.2. The summed E-state index contributed by atoms with van der Waals surface area (Å²) in [6.45, 7) is 9.83. The number of benzene rings is 2. The van der Waals surface area contributed by atoms with Crippen molar-refractivity contribution < 1.29 is 18.9 Å². The predicted molar refractivity (Wildman–Crippen MR) is 123 cm³/mol. The third kappa shape index (κ3) is 4.10. The molecule has 2 heterocycles. The highest BCUT2D eigenvalue weighted by Crippen LogP contribution is 2.60. The number of hydrogen-bond acceptors (Lipinski definition) is 4. The normalized spacial score (nSPS) is 24.0. The fraction of sp³-hybridized carbons (Fsp3) is 0.520.